The van der Waals surface area contributed by atoms with Gasteiger partial charge in [0.1, 0.15) is 11.1 Å². The summed E-state index contributed by atoms with van der Waals surface area (Å²) in [6, 6.07) is 12.8. The number of aromatic nitrogens is 3. The topological polar surface area (TPSA) is 71.8 Å². The van der Waals surface area contributed by atoms with E-state index in [0.29, 0.717) is 15.9 Å². The zero-order valence-electron chi connectivity index (χ0n) is 15.6. The van der Waals surface area contributed by atoms with Gasteiger partial charge in [-0.1, -0.05) is 54.6 Å². The van der Waals surface area contributed by atoms with Crippen molar-refractivity contribution in [2.24, 2.45) is 0 Å². The number of para-hydroxylation sites is 1. The largest absolute Gasteiger partial charge is 0.324 e. The van der Waals surface area contributed by atoms with Gasteiger partial charge in [0.25, 0.3) is 0 Å². The number of rotatable bonds is 5. The van der Waals surface area contributed by atoms with E-state index >= 15 is 0 Å². The highest BCUT2D eigenvalue weighted by Crippen LogP contribution is 2.38. The number of carbonyl (C=O) groups excluding carboxylic acids is 1. The van der Waals surface area contributed by atoms with Crippen LogP contribution in [0.25, 0.3) is 0 Å². The van der Waals surface area contributed by atoms with E-state index in [1.807, 2.05) is 4.68 Å². The van der Waals surface area contributed by atoms with E-state index in [0.717, 1.165) is 24.2 Å². The summed E-state index contributed by atoms with van der Waals surface area (Å²) in [5, 5.41) is 11.9. The molecular weight excluding hydrogens is 413 g/mol. The monoisotopic (exact) mass is 431 g/mol. The van der Waals surface area contributed by atoms with Crippen molar-refractivity contribution in [2.75, 3.05) is 10.7 Å². The predicted octanol–water partition coefficient (Wildman–Crippen LogP) is 4.42. The molecule has 0 saturated carbocycles. The molecule has 2 atom stereocenters. The number of thioether (sulfide) groups is 1. The Hall–Kier alpha value is -2.58. The van der Waals surface area contributed by atoms with E-state index in [9.17, 15) is 9.18 Å². The minimum absolute atomic E-state index is 0.226. The molecule has 1 aliphatic heterocycles. The molecule has 2 heterocycles. The molecule has 2 N–H and O–H groups in total. The Labute approximate surface area is 176 Å². The van der Waals surface area contributed by atoms with Gasteiger partial charge in [0, 0.05) is 6.42 Å². The number of fused-ring (bicyclic) bond motifs is 1. The molecule has 29 heavy (non-hydrogen) atoms. The summed E-state index contributed by atoms with van der Waals surface area (Å²) in [7, 11) is 0. The average Bonchev–Trinajstić information content (AvgIpc) is 3.11. The second-order valence-electron chi connectivity index (χ2n) is 6.65. The van der Waals surface area contributed by atoms with Crippen molar-refractivity contribution in [2.45, 2.75) is 36.2 Å². The lowest BCUT2D eigenvalue weighted by Crippen LogP contribution is -2.41. The van der Waals surface area contributed by atoms with Crippen molar-refractivity contribution in [1.29, 1.82) is 0 Å². The number of nitrogens with one attached hydrogen (secondary N) is 2. The molecule has 150 valence electrons. The Morgan fingerprint density at radius 1 is 1.24 bits per heavy atom. The smallest absolute Gasteiger partial charge is 0.240 e. The van der Waals surface area contributed by atoms with Gasteiger partial charge in [-0.15, -0.1) is 10.2 Å². The Morgan fingerprint density at radius 2 is 2.00 bits per heavy atom. The number of anilines is 1. The Morgan fingerprint density at radius 3 is 2.72 bits per heavy atom. The number of carbonyl (C=O) groups is 1. The van der Waals surface area contributed by atoms with Crippen LogP contribution >= 0.6 is 23.4 Å². The molecule has 0 saturated heterocycles. The van der Waals surface area contributed by atoms with Crippen LogP contribution in [0.2, 0.25) is 5.02 Å². The molecule has 6 nitrogen and oxygen atoms in total. The van der Waals surface area contributed by atoms with Gasteiger partial charge in [0.05, 0.1) is 16.8 Å². The number of benzene rings is 2. The lowest BCUT2D eigenvalue weighted by molar-refractivity contribution is -0.116. The summed E-state index contributed by atoms with van der Waals surface area (Å²) in [6.45, 7) is 2.06. The Kier molecular flexibility index (Phi) is 5.73. The summed E-state index contributed by atoms with van der Waals surface area (Å²) >= 11 is 7.51. The molecule has 0 aliphatic carbocycles. The number of halogens is 2. The lowest BCUT2D eigenvalue weighted by atomic mass is 10.0. The summed E-state index contributed by atoms with van der Waals surface area (Å²) in [4.78, 5) is 13.2. The fraction of sp³-hybridized carbons (Fsp3) is 0.250. The predicted molar refractivity (Wildman–Crippen MR) is 112 cm³/mol. The standard InChI is InChI=1S/C20H19ClFN5OS/c1-2-5-16-24-25-20-27(16)26-17(12-8-10-13(22)11-9-12)18(29-20)19(28)23-15-7-4-3-6-14(15)21/h3-4,6-11,17-18,26H,2,5H2,1H3,(H,23,28)/t17-,18+/m0/s1. The second kappa shape index (κ2) is 8.42. The zero-order valence-corrected chi connectivity index (χ0v) is 17.2. The molecule has 1 aliphatic rings. The normalized spacial score (nSPS) is 18.0. The molecule has 0 bridgehead atoms. The first-order valence-corrected chi connectivity index (χ1v) is 10.5. The second-order valence-corrected chi connectivity index (χ2v) is 8.17. The maximum atomic E-state index is 13.5. The molecule has 1 aromatic heterocycles. The third kappa shape index (κ3) is 4.09. The van der Waals surface area contributed by atoms with Crippen LogP contribution in [0.5, 0.6) is 0 Å². The number of hydrogen-bond donors (Lipinski definition) is 2. The van der Waals surface area contributed by atoms with Gasteiger partial charge in [-0.2, -0.15) is 0 Å². The van der Waals surface area contributed by atoms with Crippen LogP contribution in [0.1, 0.15) is 30.8 Å². The van der Waals surface area contributed by atoms with Crippen molar-refractivity contribution in [3.8, 4) is 0 Å². The summed E-state index contributed by atoms with van der Waals surface area (Å²) in [5.41, 5.74) is 4.68. The molecule has 0 spiro atoms. The summed E-state index contributed by atoms with van der Waals surface area (Å²) in [5.74, 6) is 0.245. The van der Waals surface area contributed by atoms with Gasteiger partial charge >= 0.3 is 0 Å². The van der Waals surface area contributed by atoms with Crippen molar-refractivity contribution < 1.29 is 9.18 Å². The van der Waals surface area contributed by atoms with E-state index in [4.69, 9.17) is 11.6 Å². The summed E-state index contributed by atoms with van der Waals surface area (Å²) < 4.78 is 15.3. The van der Waals surface area contributed by atoms with E-state index in [1.54, 1.807) is 36.4 Å². The Bertz CT molecular complexity index is 1030. The molecule has 1 amide bonds. The maximum Gasteiger partial charge on any atom is 0.240 e. The highest BCUT2D eigenvalue weighted by Gasteiger charge is 2.37. The number of aryl methyl sites for hydroxylation is 1. The molecule has 0 fully saturated rings. The van der Waals surface area contributed by atoms with E-state index < -0.39 is 11.3 Å². The summed E-state index contributed by atoms with van der Waals surface area (Å²) in [6.07, 6.45) is 1.68. The van der Waals surface area contributed by atoms with Gasteiger partial charge < -0.3 is 10.7 Å². The van der Waals surface area contributed by atoms with Gasteiger partial charge in [-0.25, -0.2) is 9.07 Å². The molecule has 0 radical (unpaired) electrons. The SMILES string of the molecule is CCCc1nnc2n1N[C@@H](c1ccc(F)cc1)[C@H](C(=O)Nc1ccccc1Cl)S2. The molecule has 3 aromatic rings. The number of nitrogens with zero attached hydrogens (tertiary/aromatic N) is 3. The van der Waals surface area contributed by atoms with Crippen LogP contribution in [0, 0.1) is 5.82 Å². The van der Waals surface area contributed by atoms with Crippen LogP contribution in [-0.2, 0) is 11.2 Å². The van der Waals surface area contributed by atoms with Gasteiger partial charge in [0.2, 0.25) is 11.1 Å². The van der Waals surface area contributed by atoms with Gasteiger partial charge in [-0.3, -0.25) is 4.79 Å². The van der Waals surface area contributed by atoms with Gasteiger partial charge in [0.15, 0.2) is 5.82 Å². The highest BCUT2D eigenvalue weighted by molar-refractivity contribution is 8.00. The lowest BCUT2D eigenvalue weighted by Gasteiger charge is -2.33. The molecule has 4 rings (SSSR count). The first-order chi connectivity index (χ1) is 14.1. The molecular formula is C20H19ClFN5OS. The minimum Gasteiger partial charge on any atom is -0.324 e. The quantitative estimate of drug-likeness (QED) is 0.625. The van der Waals surface area contributed by atoms with Crippen LogP contribution < -0.4 is 10.7 Å². The first kappa shape index (κ1) is 19.7. The third-order valence-electron chi connectivity index (χ3n) is 4.60. The van der Waals surface area contributed by atoms with Crippen LogP contribution in [0.3, 0.4) is 0 Å². The maximum absolute atomic E-state index is 13.5. The van der Waals surface area contributed by atoms with Crippen molar-refractivity contribution in [3.63, 3.8) is 0 Å². The van der Waals surface area contributed by atoms with Crippen molar-refractivity contribution in [1.82, 2.24) is 14.9 Å². The van der Waals surface area contributed by atoms with E-state index in [2.05, 4.69) is 27.9 Å². The highest BCUT2D eigenvalue weighted by atomic mass is 35.5. The molecule has 9 heteroatoms. The fourth-order valence-electron chi connectivity index (χ4n) is 3.17. The van der Waals surface area contributed by atoms with Crippen molar-refractivity contribution in [3.05, 3.63) is 70.8 Å². The zero-order chi connectivity index (χ0) is 20.4. The van der Waals surface area contributed by atoms with E-state index in [-0.39, 0.29) is 11.7 Å². The fourth-order valence-corrected chi connectivity index (χ4v) is 4.45. The Balaban J connectivity index is 1.67. The van der Waals surface area contributed by atoms with Crippen LogP contribution in [-0.4, -0.2) is 26.0 Å². The first-order valence-electron chi connectivity index (χ1n) is 9.25. The van der Waals surface area contributed by atoms with Crippen LogP contribution in [0.15, 0.2) is 53.7 Å². The number of hydrogen-bond acceptors (Lipinski definition) is 5. The van der Waals surface area contributed by atoms with Crippen molar-refractivity contribution >= 4 is 35.0 Å². The molecule has 2 aromatic carbocycles. The third-order valence-corrected chi connectivity index (χ3v) is 6.14. The van der Waals surface area contributed by atoms with Gasteiger partial charge in [-0.05, 0) is 36.2 Å². The van der Waals surface area contributed by atoms with E-state index in [1.165, 1.54) is 23.9 Å². The molecule has 0 unspecified atom stereocenters. The minimum atomic E-state index is -0.553. The van der Waals surface area contributed by atoms with Crippen LogP contribution in [0.4, 0.5) is 10.1 Å². The average molecular weight is 432 g/mol. The number of amides is 1.